The topological polar surface area (TPSA) is 15.3 Å². The Labute approximate surface area is 109 Å². The highest BCUT2D eigenvalue weighted by Gasteiger charge is 2.33. The molecular formula is C15H23FN2. The Balaban J connectivity index is 2.19. The van der Waals surface area contributed by atoms with Gasteiger partial charge in [0.25, 0.3) is 0 Å². The lowest BCUT2D eigenvalue weighted by Crippen LogP contribution is -2.29. The van der Waals surface area contributed by atoms with Crippen molar-refractivity contribution < 1.29 is 4.39 Å². The first-order valence-electron chi connectivity index (χ1n) is 6.90. The van der Waals surface area contributed by atoms with Crippen LogP contribution in [0, 0.1) is 11.7 Å². The molecule has 2 atom stereocenters. The zero-order chi connectivity index (χ0) is 13.0. The van der Waals surface area contributed by atoms with Crippen molar-refractivity contribution in [2.45, 2.75) is 25.8 Å². The number of likely N-dealkylation sites (tertiary alicyclic amines) is 1. The Morgan fingerprint density at radius 2 is 2.06 bits per heavy atom. The van der Waals surface area contributed by atoms with Gasteiger partial charge in [0, 0.05) is 6.04 Å². The maximum atomic E-state index is 13.0. The van der Waals surface area contributed by atoms with Gasteiger partial charge in [0.1, 0.15) is 5.82 Å². The van der Waals surface area contributed by atoms with E-state index in [9.17, 15) is 4.39 Å². The molecular weight excluding hydrogens is 227 g/mol. The highest BCUT2D eigenvalue weighted by Crippen LogP contribution is 2.36. The molecule has 100 valence electrons. The summed E-state index contributed by atoms with van der Waals surface area (Å²) in [6.45, 7) is 5.53. The smallest absolute Gasteiger partial charge is 0.123 e. The normalized spacial score (nSPS) is 24.6. The predicted molar refractivity (Wildman–Crippen MR) is 73.0 cm³/mol. The molecule has 2 nitrogen and oxygen atoms in total. The number of benzene rings is 1. The molecule has 3 heteroatoms. The van der Waals surface area contributed by atoms with Crippen LogP contribution in [0.3, 0.4) is 0 Å². The van der Waals surface area contributed by atoms with E-state index in [1.165, 1.54) is 18.4 Å². The molecule has 0 spiro atoms. The van der Waals surface area contributed by atoms with Gasteiger partial charge in [-0.2, -0.15) is 0 Å². The van der Waals surface area contributed by atoms with E-state index in [2.05, 4.69) is 17.1 Å². The van der Waals surface area contributed by atoms with Crippen molar-refractivity contribution in [2.75, 3.05) is 26.7 Å². The maximum Gasteiger partial charge on any atom is 0.123 e. The summed E-state index contributed by atoms with van der Waals surface area (Å²) in [4.78, 5) is 2.54. The molecule has 1 aliphatic heterocycles. The number of hydrogen-bond acceptors (Lipinski definition) is 2. The molecule has 0 saturated carbocycles. The van der Waals surface area contributed by atoms with E-state index in [4.69, 9.17) is 0 Å². The second-order valence-corrected chi connectivity index (χ2v) is 5.14. The highest BCUT2D eigenvalue weighted by molar-refractivity contribution is 5.22. The van der Waals surface area contributed by atoms with Gasteiger partial charge in [-0.1, -0.05) is 19.1 Å². The number of nitrogens with one attached hydrogen (secondary N) is 1. The maximum absolute atomic E-state index is 13.0. The van der Waals surface area contributed by atoms with Crippen molar-refractivity contribution in [3.8, 4) is 0 Å². The average Bonchev–Trinajstić information content (AvgIpc) is 2.75. The number of hydrogen-bond donors (Lipinski definition) is 1. The van der Waals surface area contributed by atoms with Crippen LogP contribution < -0.4 is 5.32 Å². The van der Waals surface area contributed by atoms with Gasteiger partial charge >= 0.3 is 0 Å². The van der Waals surface area contributed by atoms with Crippen LogP contribution >= 0.6 is 0 Å². The first-order chi connectivity index (χ1) is 8.76. The summed E-state index contributed by atoms with van der Waals surface area (Å²) >= 11 is 0. The van der Waals surface area contributed by atoms with Gasteiger partial charge in [0.15, 0.2) is 0 Å². The molecule has 0 bridgehead atoms. The second kappa shape index (κ2) is 6.30. The van der Waals surface area contributed by atoms with Crippen molar-refractivity contribution in [3.63, 3.8) is 0 Å². The fourth-order valence-corrected chi connectivity index (χ4v) is 3.08. The number of rotatable bonds is 5. The van der Waals surface area contributed by atoms with E-state index in [1.54, 1.807) is 12.1 Å². The minimum Gasteiger partial charge on any atom is -0.319 e. The molecule has 0 aromatic heterocycles. The van der Waals surface area contributed by atoms with E-state index in [0.29, 0.717) is 12.0 Å². The quantitative estimate of drug-likeness (QED) is 0.864. The van der Waals surface area contributed by atoms with Crippen LogP contribution in [0.25, 0.3) is 0 Å². The van der Waals surface area contributed by atoms with E-state index in [0.717, 1.165) is 19.6 Å². The van der Waals surface area contributed by atoms with Gasteiger partial charge in [-0.25, -0.2) is 4.39 Å². The van der Waals surface area contributed by atoms with Crippen LogP contribution in [0.5, 0.6) is 0 Å². The monoisotopic (exact) mass is 250 g/mol. The molecule has 1 aromatic carbocycles. The van der Waals surface area contributed by atoms with Crippen molar-refractivity contribution in [1.82, 2.24) is 10.2 Å². The predicted octanol–water partition coefficient (Wildman–Crippen LogP) is 2.82. The van der Waals surface area contributed by atoms with Crippen LogP contribution in [0.15, 0.2) is 24.3 Å². The SMILES string of the molecule is CCCN1CCC(CNC)C1c1ccc(F)cc1. The van der Waals surface area contributed by atoms with Crippen molar-refractivity contribution >= 4 is 0 Å². The summed E-state index contributed by atoms with van der Waals surface area (Å²) in [6, 6.07) is 7.48. The lowest BCUT2D eigenvalue weighted by molar-refractivity contribution is 0.227. The molecule has 2 unspecified atom stereocenters. The van der Waals surface area contributed by atoms with Gasteiger partial charge in [0.2, 0.25) is 0 Å². The summed E-state index contributed by atoms with van der Waals surface area (Å²) < 4.78 is 13.0. The highest BCUT2D eigenvalue weighted by atomic mass is 19.1. The molecule has 1 aromatic rings. The fourth-order valence-electron chi connectivity index (χ4n) is 3.08. The van der Waals surface area contributed by atoms with Gasteiger partial charge < -0.3 is 5.32 Å². The molecule has 2 rings (SSSR count). The lowest BCUT2D eigenvalue weighted by Gasteiger charge is -2.28. The fraction of sp³-hybridized carbons (Fsp3) is 0.600. The standard InChI is InChI=1S/C15H23FN2/c1-3-9-18-10-8-13(11-17-2)15(18)12-4-6-14(16)7-5-12/h4-7,13,15,17H,3,8-11H2,1-2H3. The van der Waals surface area contributed by atoms with Crippen LogP contribution in [0.4, 0.5) is 4.39 Å². The molecule has 1 aliphatic rings. The molecule has 1 fully saturated rings. The largest absolute Gasteiger partial charge is 0.319 e. The molecule has 1 heterocycles. The zero-order valence-corrected chi connectivity index (χ0v) is 11.3. The van der Waals surface area contributed by atoms with E-state index < -0.39 is 0 Å². The number of nitrogens with zero attached hydrogens (tertiary/aromatic N) is 1. The molecule has 1 saturated heterocycles. The summed E-state index contributed by atoms with van der Waals surface area (Å²) in [5.41, 5.74) is 1.25. The average molecular weight is 250 g/mol. The summed E-state index contributed by atoms with van der Waals surface area (Å²) in [5.74, 6) is 0.482. The first kappa shape index (κ1) is 13.5. The Morgan fingerprint density at radius 3 is 2.67 bits per heavy atom. The van der Waals surface area contributed by atoms with Crippen molar-refractivity contribution in [1.29, 1.82) is 0 Å². The van der Waals surface area contributed by atoms with Crippen LogP contribution in [-0.2, 0) is 0 Å². The van der Waals surface area contributed by atoms with Gasteiger partial charge in [0.05, 0.1) is 0 Å². The van der Waals surface area contributed by atoms with Crippen LogP contribution in [0.2, 0.25) is 0 Å². The first-order valence-corrected chi connectivity index (χ1v) is 6.90. The zero-order valence-electron chi connectivity index (χ0n) is 11.3. The number of halogens is 1. The van der Waals surface area contributed by atoms with Crippen molar-refractivity contribution in [2.24, 2.45) is 5.92 Å². The van der Waals surface area contributed by atoms with E-state index in [1.807, 2.05) is 19.2 Å². The van der Waals surface area contributed by atoms with Crippen LogP contribution in [-0.4, -0.2) is 31.6 Å². The Kier molecular flexibility index (Phi) is 4.72. The summed E-state index contributed by atoms with van der Waals surface area (Å²) in [6.07, 6.45) is 2.40. The van der Waals surface area contributed by atoms with E-state index in [-0.39, 0.29) is 5.82 Å². The molecule has 0 aliphatic carbocycles. The third-order valence-corrected chi connectivity index (χ3v) is 3.82. The minimum absolute atomic E-state index is 0.149. The van der Waals surface area contributed by atoms with Gasteiger partial charge in [-0.05, 0) is 63.1 Å². The van der Waals surface area contributed by atoms with Gasteiger partial charge in [-0.15, -0.1) is 0 Å². The lowest BCUT2D eigenvalue weighted by atomic mass is 9.93. The Hall–Kier alpha value is -0.930. The Morgan fingerprint density at radius 1 is 1.33 bits per heavy atom. The second-order valence-electron chi connectivity index (χ2n) is 5.14. The van der Waals surface area contributed by atoms with Crippen molar-refractivity contribution in [3.05, 3.63) is 35.6 Å². The third-order valence-electron chi connectivity index (χ3n) is 3.82. The summed E-state index contributed by atoms with van der Waals surface area (Å²) in [7, 11) is 2.00. The Bertz CT molecular complexity index is 349. The molecule has 1 N–H and O–H groups in total. The minimum atomic E-state index is -0.149. The molecule has 0 radical (unpaired) electrons. The van der Waals surface area contributed by atoms with Crippen LogP contribution in [0.1, 0.15) is 31.4 Å². The molecule has 0 amide bonds. The van der Waals surface area contributed by atoms with Gasteiger partial charge in [-0.3, -0.25) is 4.90 Å². The third kappa shape index (κ3) is 2.90. The molecule has 18 heavy (non-hydrogen) atoms. The van der Waals surface area contributed by atoms with E-state index >= 15 is 0 Å². The summed E-state index contributed by atoms with van der Waals surface area (Å²) in [5, 5.41) is 3.28.